The van der Waals surface area contributed by atoms with E-state index in [0.29, 0.717) is 0 Å². The molecule has 0 saturated heterocycles. The van der Waals surface area contributed by atoms with Crippen LogP contribution >= 0.6 is 0 Å². The van der Waals surface area contributed by atoms with Crippen LogP contribution in [0.25, 0.3) is 0 Å². The predicted octanol–water partition coefficient (Wildman–Crippen LogP) is 2.39. The van der Waals surface area contributed by atoms with Gasteiger partial charge in [0.15, 0.2) is 0 Å². The number of rotatable bonds is 2. The first-order chi connectivity index (χ1) is 5.43. The van der Waals surface area contributed by atoms with Crippen LogP contribution in [0.15, 0.2) is 23.8 Å². The molecule has 0 atom stereocenters. The molecular weight excluding hydrogens is 134 g/mol. The maximum absolute atomic E-state index is 5.47. The fourth-order valence-electron chi connectivity index (χ4n) is 1.35. The van der Waals surface area contributed by atoms with Crippen LogP contribution < -0.4 is 5.73 Å². The molecule has 1 nitrogen and oxygen atoms in total. The number of allylic oxidation sites excluding steroid dienone is 3. The Morgan fingerprint density at radius 2 is 2.09 bits per heavy atom. The molecule has 11 heavy (non-hydrogen) atoms. The maximum Gasteiger partial charge on any atom is -0.00368 e. The third-order valence-electron chi connectivity index (χ3n) is 2.00. The third-order valence-corrected chi connectivity index (χ3v) is 2.00. The van der Waals surface area contributed by atoms with Gasteiger partial charge in [-0.3, -0.25) is 0 Å². The Labute approximate surface area is 69.0 Å². The largest absolute Gasteiger partial charge is 0.330 e. The van der Waals surface area contributed by atoms with Crippen LogP contribution in [-0.2, 0) is 0 Å². The van der Waals surface area contributed by atoms with E-state index in [1.807, 2.05) is 0 Å². The SMILES string of the molecule is NCCC1=C/CCCC/C=C\1. The van der Waals surface area contributed by atoms with Crippen LogP contribution in [0.4, 0.5) is 0 Å². The third kappa shape index (κ3) is 3.38. The van der Waals surface area contributed by atoms with Gasteiger partial charge in [0.05, 0.1) is 0 Å². The molecule has 1 heteroatoms. The Bertz CT molecular complexity index is 156. The monoisotopic (exact) mass is 151 g/mol. The normalized spacial score (nSPS) is 26.5. The summed E-state index contributed by atoms with van der Waals surface area (Å²) in [7, 11) is 0. The highest BCUT2D eigenvalue weighted by atomic mass is 14.5. The first-order valence-electron chi connectivity index (χ1n) is 4.49. The van der Waals surface area contributed by atoms with Crippen LogP contribution in [0.3, 0.4) is 0 Å². The molecule has 62 valence electrons. The molecule has 0 heterocycles. The Hall–Kier alpha value is -0.560. The second-order valence-corrected chi connectivity index (χ2v) is 3.00. The molecule has 0 radical (unpaired) electrons. The van der Waals surface area contributed by atoms with E-state index in [4.69, 9.17) is 5.73 Å². The highest BCUT2D eigenvalue weighted by molar-refractivity contribution is 5.19. The minimum atomic E-state index is 0.774. The summed E-state index contributed by atoms with van der Waals surface area (Å²) in [5, 5.41) is 0. The fourth-order valence-corrected chi connectivity index (χ4v) is 1.35. The molecule has 0 unspecified atom stereocenters. The molecule has 0 aliphatic heterocycles. The van der Waals surface area contributed by atoms with Crippen molar-refractivity contribution in [3.05, 3.63) is 23.8 Å². The van der Waals surface area contributed by atoms with E-state index in [-0.39, 0.29) is 0 Å². The highest BCUT2D eigenvalue weighted by Crippen LogP contribution is 2.12. The highest BCUT2D eigenvalue weighted by Gasteiger charge is 1.94. The van der Waals surface area contributed by atoms with Gasteiger partial charge in [0.1, 0.15) is 0 Å². The summed E-state index contributed by atoms with van der Waals surface area (Å²) in [6.45, 7) is 0.774. The molecule has 1 aliphatic carbocycles. The summed E-state index contributed by atoms with van der Waals surface area (Å²) >= 11 is 0. The zero-order chi connectivity index (χ0) is 7.94. The summed E-state index contributed by atoms with van der Waals surface area (Å²) in [6, 6.07) is 0. The minimum Gasteiger partial charge on any atom is -0.330 e. The van der Waals surface area contributed by atoms with Gasteiger partial charge in [0.2, 0.25) is 0 Å². The van der Waals surface area contributed by atoms with Crippen molar-refractivity contribution in [1.82, 2.24) is 0 Å². The smallest absolute Gasteiger partial charge is 0.00368 e. The molecule has 0 aromatic carbocycles. The van der Waals surface area contributed by atoms with Crippen LogP contribution in [0.5, 0.6) is 0 Å². The number of hydrogen-bond donors (Lipinski definition) is 1. The summed E-state index contributed by atoms with van der Waals surface area (Å²) in [6.07, 6.45) is 13.0. The maximum atomic E-state index is 5.47. The topological polar surface area (TPSA) is 26.0 Å². The van der Waals surface area contributed by atoms with Crippen molar-refractivity contribution >= 4 is 0 Å². The number of nitrogens with two attached hydrogens (primary N) is 1. The van der Waals surface area contributed by atoms with Crippen LogP contribution in [0.2, 0.25) is 0 Å². The van der Waals surface area contributed by atoms with Crippen LogP contribution in [-0.4, -0.2) is 6.54 Å². The number of hydrogen-bond acceptors (Lipinski definition) is 1. The molecule has 0 bridgehead atoms. The van der Waals surface area contributed by atoms with Gasteiger partial charge in [-0.05, 0) is 38.6 Å². The molecule has 0 saturated carbocycles. The molecule has 0 amide bonds. The second-order valence-electron chi connectivity index (χ2n) is 3.00. The Morgan fingerprint density at radius 1 is 1.27 bits per heavy atom. The lowest BCUT2D eigenvalue weighted by Gasteiger charge is -2.03. The second kappa shape index (κ2) is 5.14. The standard InChI is InChI=1S/C10H17N/c11-9-8-10-6-4-2-1-3-5-7-10/h4,6-7H,1-3,5,8-9,11H2/b6-4-,10-7+. The molecule has 1 aliphatic rings. The van der Waals surface area contributed by atoms with Gasteiger partial charge >= 0.3 is 0 Å². The van der Waals surface area contributed by atoms with E-state index in [1.54, 1.807) is 0 Å². The molecular formula is C10H17N. The van der Waals surface area contributed by atoms with Gasteiger partial charge in [0, 0.05) is 0 Å². The van der Waals surface area contributed by atoms with Gasteiger partial charge < -0.3 is 5.73 Å². The predicted molar refractivity (Wildman–Crippen MR) is 49.4 cm³/mol. The first kappa shape index (κ1) is 8.54. The van der Waals surface area contributed by atoms with E-state index >= 15 is 0 Å². The van der Waals surface area contributed by atoms with E-state index in [9.17, 15) is 0 Å². The quantitative estimate of drug-likeness (QED) is 0.644. The lowest BCUT2D eigenvalue weighted by Crippen LogP contribution is -1.99. The average Bonchev–Trinajstić information content (AvgIpc) is 1.94. The van der Waals surface area contributed by atoms with Gasteiger partial charge in [-0.2, -0.15) is 0 Å². The Kier molecular flexibility index (Phi) is 3.99. The average molecular weight is 151 g/mol. The Morgan fingerprint density at radius 3 is 2.91 bits per heavy atom. The molecule has 0 aromatic heterocycles. The zero-order valence-electron chi connectivity index (χ0n) is 7.05. The van der Waals surface area contributed by atoms with Crippen molar-refractivity contribution in [3.8, 4) is 0 Å². The van der Waals surface area contributed by atoms with Gasteiger partial charge in [-0.25, -0.2) is 0 Å². The minimum absolute atomic E-state index is 0.774. The van der Waals surface area contributed by atoms with Crippen molar-refractivity contribution in [3.63, 3.8) is 0 Å². The summed E-state index contributed by atoms with van der Waals surface area (Å²) in [4.78, 5) is 0. The van der Waals surface area contributed by atoms with Crippen LogP contribution in [0.1, 0.15) is 32.1 Å². The lowest BCUT2D eigenvalue weighted by molar-refractivity contribution is 0.750. The zero-order valence-corrected chi connectivity index (χ0v) is 7.05. The molecule has 0 spiro atoms. The van der Waals surface area contributed by atoms with E-state index < -0.39 is 0 Å². The molecule has 2 N–H and O–H groups in total. The molecule has 1 rings (SSSR count). The van der Waals surface area contributed by atoms with Crippen molar-refractivity contribution < 1.29 is 0 Å². The van der Waals surface area contributed by atoms with E-state index in [1.165, 1.54) is 31.3 Å². The Balaban J connectivity index is 2.45. The lowest BCUT2D eigenvalue weighted by atomic mass is 10.0. The first-order valence-corrected chi connectivity index (χ1v) is 4.49. The van der Waals surface area contributed by atoms with Gasteiger partial charge in [-0.15, -0.1) is 0 Å². The fraction of sp³-hybridized carbons (Fsp3) is 0.600. The summed E-state index contributed by atoms with van der Waals surface area (Å²) in [5.74, 6) is 0. The summed E-state index contributed by atoms with van der Waals surface area (Å²) in [5.41, 5.74) is 6.90. The van der Waals surface area contributed by atoms with Crippen molar-refractivity contribution in [2.75, 3.05) is 6.54 Å². The van der Waals surface area contributed by atoms with Crippen molar-refractivity contribution in [2.45, 2.75) is 32.1 Å². The summed E-state index contributed by atoms with van der Waals surface area (Å²) < 4.78 is 0. The van der Waals surface area contributed by atoms with Crippen molar-refractivity contribution in [2.24, 2.45) is 5.73 Å². The van der Waals surface area contributed by atoms with Gasteiger partial charge in [-0.1, -0.05) is 23.8 Å². The van der Waals surface area contributed by atoms with Gasteiger partial charge in [0.25, 0.3) is 0 Å². The molecule has 0 aromatic rings. The van der Waals surface area contributed by atoms with Crippen LogP contribution in [0, 0.1) is 0 Å². The van der Waals surface area contributed by atoms with Crippen molar-refractivity contribution in [1.29, 1.82) is 0 Å². The van der Waals surface area contributed by atoms with E-state index in [0.717, 1.165) is 13.0 Å². The molecule has 0 fully saturated rings. The van der Waals surface area contributed by atoms with E-state index in [2.05, 4.69) is 18.2 Å².